The van der Waals surface area contributed by atoms with Crippen LogP contribution in [0.5, 0.6) is 11.6 Å². The summed E-state index contributed by atoms with van der Waals surface area (Å²) in [6.45, 7) is 2.89. The van der Waals surface area contributed by atoms with Gasteiger partial charge in [-0.25, -0.2) is 9.97 Å². The van der Waals surface area contributed by atoms with Gasteiger partial charge in [0.1, 0.15) is 30.1 Å². The quantitative estimate of drug-likeness (QED) is 0.387. The van der Waals surface area contributed by atoms with Gasteiger partial charge < -0.3 is 9.47 Å². The largest absolute Gasteiger partial charge is 0.490 e. The van der Waals surface area contributed by atoms with Crippen molar-refractivity contribution in [1.82, 2.24) is 9.97 Å². The third-order valence-electron chi connectivity index (χ3n) is 4.10. The standard InChI is InChI=1S/C21H17ClN2O2S/c1-14-2-8-17(9-3-14)25-10-11-26-20-19-18(12-27-21(19)24-13-23-20)15-4-6-16(22)7-5-15/h2-9,12-13H,10-11H2,1H3. The fourth-order valence-corrected chi connectivity index (χ4v) is 3.76. The van der Waals surface area contributed by atoms with Gasteiger partial charge in [0.15, 0.2) is 0 Å². The van der Waals surface area contributed by atoms with Crippen LogP contribution in [0.15, 0.2) is 60.2 Å². The van der Waals surface area contributed by atoms with Crippen molar-refractivity contribution in [2.75, 3.05) is 13.2 Å². The summed E-state index contributed by atoms with van der Waals surface area (Å²) >= 11 is 7.57. The molecule has 27 heavy (non-hydrogen) atoms. The number of nitrogens with zero attached hydrogens (tertiary/aromatic N) is 2. The van der Waals surface area contributed by atoms with E-state index in [-0.39, 0.29) is 0 Å². The number of hydrogen-bond acceptors (Lipinski definition) is 5. The van der Waals surface area contributed by atoms with Crippen molar-refractivity contribution in [2.24, 2.45) is 0 Å². The fraction of sp³-hybridized carbons (Fsp3) is 0.143. The van der Waals surface area contributed by atoms with E-state index >= 15 is 0 Å². The molecule has 0 unspecified atom stereocenters. The van der Waals surface area contributed by atoms with E-state index in [9.17, 15) is 0 Å². The van der Waals surface area contributed by atoms with Crippen molar-refractivity contribution >= 4 is 33.2 Å². The van der Waals surface area contributed by atoms with Crippen LogP contribution in [-0.4, -0.2) is 23.2 Å². The summed E-state index contributed by atoms with van der Waals surface area (Å²) in [5.74, 6) is 1.40. The van der Waals surface area contributed by atoms with Gasteiger partial charge >= 0.3 is 0 Å². The predicted molar refractivity (Wildman–Crippen MR) is 110 cm³/mol. The Balaban J connectivity index is 1.50. The zero-order valence-electron chi connectivity index (χ0n) is 14.7. The first kappa shape index (κ1) is 17.8. The maximum Gasteiger partial charge on any atom is 0.226 e. The summed E-state index contributed by atoms with van der Waals surface area (Å²) in [6.07, 6.45) is 1.53. The summed E-state index contributed by atoms with van der Waals surface area (Å²) in [7, 11) is 0. The first-order valence-electron chi connectivity index (χ1n) is 8.51. The van der Waals surface area contributed by atoms with Crippen molar-refractivity contribution in [2.45, 2.75) is 6.92 Å². The van der Waals surface area contributed by atoms with Gasteiger partial charge in [0.2, 0.25) is 5.88 Å². The highest BCUT2D eigenvalue weighted by Gasteiger charge is 2.14. The van der Waals surface area contributed by atoms with Crippen LogP contribution in [0.3, 0.4) is 0 Å². The van der Waals surface area contributed by atoms with Crippen molar-refractivity contribution in [1.29, 1.82) is 0 Å². The van der Waals surface area contributed by atoms with Crippen LogP contribution >= 0.6 is 22.9 Å². The summed E-state index contributed by atoms with van der Waals surface area (Å²) in [4.78, 5) is 9.58. The van der Waals surface area contributed by atoms with Crippen LogP contribution in [0.25, 0.3) is 21.3 Å². The molecule has 0 fully saturated rings. The minimum absolute atomic E-state index is 0.399. The Bertz CT molecular complexity index is 1050. The maximum absolute atomic E-state index is 6.01. The zero-order chi connectivity index (χ0) is 18.6. The second-order valence-electron chi connectivity index (χ2n) is 6.03. The molecule has 0 aliphatic heterocycles. The summed E-state index contributed by atoms with van der Waals surface area (Å²) in [5.41, 5.74) is 3.30. The summed E-state index contributed by atoms with van der Waals surface area (Å²) in [5, 5.41) is 3.69. The van der Waals surface area contributed by atoms with Crippen molar-refractivity contribution in [3.05, 3.63) is 70.8 Å². The Hall–Kier alpha value is -2.63. The molecule has 0 saturated heterocycles. The Kier molecular flexibility index (Phi) is 5.23. The first-order chi connectivity index (χ1) is 13.2. The van der Waals surface area contributed by atoms with E-state index in [1.807, 2.05) is 55.5 Å². The van der Waals surface area contributed by atoms with E-state index in [4.69, 9.17) is 21.1 Å². The topological polar surface area (TPSA) is 44.2 Å². The molecule has 4 aromatic rings. The van der Waals surface area contributed by atoms with Crippen molar-refractivity contribution in [3.63, 3.8) is 0 Å². The SMILES string of the molecule is Cc1ccc(OCCOc2ncnc3scc(-c4ccc(Cl)cc4)c23)cc1. The van der Waals surface area contributed by atoms with Crippen molar-refractivity contribution < 1.29 is 9.47 Å². The second kappa shape index (κ2) is 7.94. The Morgan fingerprint density at radius 1 is 0.926 bits per heavy atom. The fourth-order valence-electron chi connectivity index (χ4n) is 2.73. The zero-order valence-corrected chi connectivity index (χ0v) is 16.3. The lowest BCUT2D eigenvalue weighted by atomic mass is 10.1. The molecule has 0 radical (unpaired) electrons. The van der Waals surface area contributed by atoms with Crippen LogP contribution in [0, 0.1) is 6.92 Å². The van der Waals surface area contributed by atoms with Crippen molar-refractivity contribution in [3.8, 4) is 22.8 Å². The highest BCUT2D eigenvalue weighted by atomic mass is 35.5. The molecule has 0 aliphatic carbocycles. The van der Waals surface area contributed by atoms with E-state index < -0.39 is 0 Å². The number of fused-ring (bicyclic) bond motifs is 1. The molecule has 0 N–H and O–H groups in total. The number of thiophene rings is 1. The minimum atomic E-state index is 0.399. The molecule has 2 heterocycles. The van der Waals surface area contributed by atoms with Gasteiger partial charge in [-0.05, 0) is 36.8 Å². The molecule has 0 atom stereocenters. The highest BCUT2D eigenvalue weighted by Crippen LogP contribution is 2.37. The van der Waals surface area contributed by atoms with Crippen LogP contribution in [0.2, 0.25) is 5.02 Å². The third kappa shape index (κ3) is 4.04. The number of rotatable bonds is 6. The molecule has 4 rings (SSSR count). The lowest BCUT2D eigenvalue weighted by Gasteiger charge is -2.09. The van der Waals surface area contributed by atoms with Gasteiger partial charge in [-0.1, -0.05) is 41.4 Å². The Labute approximate surface area is 166 Å². The smallest absolute Gasteiger partial charge is 0.226 e. The van der Waals surface area contributed by atoms with Gasteiger partial charge in [0.05, 0.1) is 5.39 Å². The number of halogens is 1. The molecule has 0 aliphatic rings. The molecule has 0 amide bonds. The molecule has 2 aromatic heterocycles. The summed E-state index contributed by atoms with van der Waals surface area (Å²) in [6, 6.07) is 15.7. The van der Waals surface area contributed by atoms with Gasteiger partial charge in [0.25, 0.3) is 0 Å². The average molecular weight is 397 g/mol. The van der Waals surface area contributed by atoms with E-state index in [2.05, 4.69) is 15.3 Å². The second-order valence-corrected chi connectivity index (χ2v) is 7.32. The number of ether oxygens (including phenoxy) is 2. The molecule has 136 valence electrons. The average Bonchev–Trinajstić information content (AvgIpc) is 3.12. The first-order valence-corrected chi connectivity index (χ1v) is 9.77. The van der Waals surface area contributed by atoms with E-state index in [1.54, 1.807) is 11.3 Å². The Morgan fingerprint density at radius 3 is 2.44 bits per heavy atom. The third-order valence-corrected chi connectivity index (χ3v) is 5.24. The molecule has 0 bridgehead atoms. The summed E-state index contributed by atoms with van der Waals surface area (Å²) < 4.78 is 11.6. The number of aromatic nitrogens is 2. The highest BCUT2D eigenvalue weighted by molar-refractivity contribution is 7.17. The van der Waals surface area contributed by atoms with Crippen LogP contribution < -0.4 is 9.47 Å². The number of aryl methyl sites for hydroxylation is 1. The molecular formula is C21H17ClN2O2S. The molecule has 0 spiro atoms. The molecular weight excluding hydrogens is 380 g/mol. The monoisotopic (exact) mass is 396 g/mol. The lowest BCUT2D eigenvalue weighted by molar-refractivity contribution is 0.213. The van der Waals surface area contributed by atoms with Gasteiger partial charge in [-0.3, -0.25) is 0 Å². The van der Waals surface area contributed by atoms with E-state index in [1.165, 1.54) is 11.9 Å². The molecule has 2 aromatic carbocycles. The lowest BCUT2D eigenvalue weighted by Crippen LogP contribution is -2.10. The molecule has 4 nitrogen and oxygen atoms in total. The van der Waals surface area contributed by atoms with Crippen LogP contribution in [0.1, 0.15) is 5.56 Å². The van der Waals surface area contributed by atoms with Gasteiger partial charge in [-0.2, -0.15) is 0 Å². The van der Waals surface area contributed by atoms with Crippen LogP contribution in [-0.2, 0) is 0 Å². The number of hydrogen-bond donors (Lipinski definition) is 0. The maximum atomic E-state index is 6.01. The number of benzene rings is 2. The molecule has 0 saturated carbocycles. The molecule has 6 heteroatoms. The minimum Gasteiger partial charge on any atom is -0.490 e. The van der Waals surface area contributed by atoms with Gasteiger partial charge in [-0.15, -0.1) is 11.3 Å². The van der Waals surface area contributed by atoms with E-state index in [0.29, 0.717) is 24.1 Å². The normalized spacial score (nSPS) is 10.9. The van der Waals surface area contributed by atoms with E-state index in [0.717, 1.165) is 27.1 Å². The van der Waals surface area contributed by atoms with Gasteiger partial charge in [0, 0.05) is 16.0 Å². The predicted octanol–water partition coefficient (Wildman–Crippen LogP) is 5.78. The van der Waals surface area contributed by atoms with Crippen LogP contribution in [0.4, 0.5) is 0 Å². The Morgan fingerprint density at radius 2 is 1.67 bits per heavy atom.